The highest BCUT2D eigenvalue weighted by Gasteiger charge is 2.50. The Morgan fingerprint density at radius 3 is 2.25 bits per heavy atom. The van der Waals surface area contributed by atoms with Crippen molar-refractivity contribution in [1.29, 1.82) is 5.26 Å². The van der Waals surface area contributed by atoms with Crippen molar-refractivity contribution in [3.05, 3.63) is 35.4 Å². The normalized spacial score (nSPS) is 20.9. The molecule has 84 valence electrons. The van der Waals surface area contributed by atoms with Crippen LogP contribution < -0.4 is 0 Å². The van der Waals surface area contributed by atoms with E-state index < -0.39 is 11.0 Å². The molecule has 2 rings (SSSR count). The lowest BCUT2D eigenvalue weighted by molar-refractivity contribution is -0.0377. The number of nitrogens with zero attached hydrogens (tertiary/aromatic N) is 1. The van der Waals surface area contributed by atoms with Crippen molar-refractivity contribution in [2.75, 3.05) is 0 Å². The van der Waals surface area contributed by atoms with Crippen LogP contribution in [0.25, 0.3) is 0 Å². The number of nitriles is 1. The van der Waals surface area contributed by atoms with Crippen LogP contribution in [0.2, 0.25) is 0 Å². The molecule has 1 N–H and O–H groups in total. The van der Waals surface area contributed by atoms with Gasteiger partial charge in [-0.05, 0) is 37.3 Å². The van der Waals surface area contributed by atoms with Gasteiger partial charge in [0.25, 0.3) is 0 Å². The summed E-state index contributed by atoms with van der Waals surface area (Å²) in [6, 6.07) is 10.5. The van der Waals surface area contributed by atoms with Crippen molar-refractivity contribution in [2.24, 2.45) is 5.41 Å². The van der Waals surface area contributed by atoms with E-state index in [1.165, 1.54) is 11.1 Å². The van der Waals surface area contributed by atoms with E-state index in [2.05, 4.69) is 18.2 Å². The van der Waals surface area contributed by atoms with Gasteiger partial charge in [0.1, 0.15) is 0 Å². The molecule has 2 heteroatoms. The van der Waals surface area contributed by atoms with Crippen molar-refractivity contribution < 1.29 is 5.11 Å². The maximum absolute atomic E-state index is 10.4. The van der Waals surface area contributed by atoms with Crippen LogP contribution in [0.5, 0.6) is 0 Å². The number of aliphatic hydroxyl groups is 1. The van der Waals surface area contributed by atoms with Crippen LogP contribution in [0.1, 0.15) is 31.4 Å². The van der Waals surface area contributed by atoms with Crippen LogP contribution in [-0.4, -0.2) is 10.7 Å². The van der Waals surface area contributed by atoms with Gasteiger partial charge in [-0.15, -0.1) is 0 Å². The minimum atomic E-state index is -0.916. The molecule has 0 saturated carbocycles. The summed E-state index contributed by atoms with van der Waals surface area (Å²) >= 11 is 0. The number of hydrogen-bond donors (Lipinski definition) is 1. The lowest BCUT2D eigenvalue weighted by Gasteiger charge is -2.36. The number of fused-ring (bicyclic) bond motifs is 1. The Morgan fingerprint density at radius 1 is 1.38 bits per heavy atom. The predicted octanol–water partition coefficient (Wildman–Crippen LogP) is 2.46. The highest BCUT2D eigenvalue weighted by atomic mass is 16.3. The Labute approximate surface area is 96.5 Å². The lowest BCUT2D eigenvalue weighted by atomic mass is 9.70. The third kappa shape index (κ3) is 1.44. The summed E-state index contributed by atoms with van der Waals surface area (Å²) in [6.07, 6.45) is 1.94. The summed E-state index contributed by atoms with van der Waals surface area (Å²) in [5.74, 6) is 0. The fourth-order valence-electron chi connectivity index (χ4n) is 2.53. The Balaban J connectivity index is 2.42. The molecular formula is C14H17NO. The molecule has 0 amide bonds. The SMILES string of the molecule is CCC(C)(O)C1(C#N)Cc2ccccc2C1. The average Bonchev–Trinajstić information content (AvgIpc) is 2.69. The van der Waals surface area contributed by atoms with Gasteiger partial charge in [0, 0.05) is 0 Å². The van der Waals surface area contributed by atoms with Gasteiger partial charge in [0.15, 0.2) is 0 Å². The minimum absolute atomic E-state index is 0.606. The standard InChI is InChI=1S/C14H17NO/c1-3-13(2,16)14(10-15)8-11-6-4-5-7-12(11)9-14/h4-7,16H,3,8-9H2,1-2H3. The Kier molecular flexibility index (Phi) is 2.52. The van der Waals surface area contributed by atoms with E-state index >= 15 is 0 Å². The summed E-state index contributed by atoms with van der Waals surface area (Å²) in [6.45, 7) is 3.71. The van der Waals surface area contributed by atoms with Crippen LogP contribution in [0.4, 0.5) is 0 Å². The zero-order chi connectivity index (χ0) is 11.8. The van der Waals surface area contributed by atoms with E-state index in [1.807, 2.05) is 19.1 Å². The Bertz CT molecular complexity index is 417. The second-order valence-electron chi connectivity index (χ2n) is 4.94. The summed E-state index contributed by atoms with van der Waals surface area (Å²) < 4.78 is 0. The van der Waals surface area contributed by atoms with E-state index in [-0.39, 0.29) is 0 Å². The van der Waals surface area contributed by atoms with E-state index in [1.54, 1.807) is 6.92 Å². The second kappa shape index (κ2) is 3.61. The molecule has 1 atom stereocenters. The molecule has 1 aromatic carbocycles. The molecule has 1 aromatic rings. The van der Waals surface area contributed by atoms with Crippen LogP contribution in [-0.2, 0) is 12.8 Å². The molecule has 0 saturated heterocycles. The first-order valence-corrected chi connectivity index (χ1v) is 5.75. The van der Waals surface area contributed by atoms with E-state index in [9.17, 15) is 10.4 Å². The van der Waals surface area contributed by atoms with Crippen molar-refractivity contribution in [3.8, 4) is 6.07 Å². The molecular weight excluding hydrogens is 198 g/mol. The number of hydrogen-bond acceptors (Lipinski definition) is 2. The highest BCUT2D eigenvalue weighted by Crippen LogP contribution is 2.45. The van der Waals surface area contributed by atoms with Crippen LogP contribution in [0.3, 0.4) is 0 Å². The molecule has 0 aliphatic heterocycles. The third-order valence-corrected chi connectivity index (χ3v) is 4.04. The van der Waals surface area contributed by atoms with Gasteiger partial charge in [0.05, 0.1) is 17.1 Å². The monoisotopic (exact) mass is 215 g/mol. The smallest absolute Gasteiger partial charge is 0.0937 e. The number of benzene rings is 1. The molecule has 0 spiro atoms. The van der Waals surface area contributed by atoms with Gasteiger partial charge < -0.3 is 5.11 Å². The molecule has 0 heterocycles. The molecule has 1 aliphatic rings. The summed E-state index contributed by atoms with van der Waals surface area (Å²) in [5, 5.41) is 19.9. The van der Waals surface area contributed by atoms with E-state index in [0.717, 1.165) is 0 Å². The molecule has 16 heavy (non-hydrogen) atoms. The zero-order valence-electron chi connectivity index (χ0n) is 9.83. The highest BCUT2D eigenvalue weighted by molar-refractivity contribution is 5.39. The molecule has 1 unspecified atom stereocenters. The zero-order valence-corrected chi connectivity index (χ0v) is 9.83. The van der Waals surface area contributed by atoms with Gasteiger partial charge in [-0.2, -0.15) is 5.26 Å². The first-order chi connectivity index (χ1) is 7.54. The van der Waals surface area contributed by atoms with Crippen molar-refractivity contribution in [1.82, 2.24) is 0 Å². The Hall–Kier alpha value is -1.33. The van der Waals surface area contributed by atoms with Crippen LogP contribution in [0.15, 0.2) is 24.3 Å². The summed E-state index contributed by atoms with van der Waals surface area (Å²) in [4.78, 5) is 0. The van der Waals surface area contributed by atoms with Crippen molar-refractivity contribution in [3.63, 3.8) is 0 Å². The summed E-state index contributed by atoms with van der Waals surface area (Å²) in [7, 11) is 0. The van der Waals surface area contributed by atoms with Crippen LogP contribution >= 0.6 is 0 Å². The predicted molar refractivity (Wildman–Crippen MR) is 62.8 cm³/mol. The molecule has 0 bridgehead atoms. The minimum Gasteiger partial charge on any atom is -0.389 e. The van der Waals surface area contributed by atoms with E-state index in [4.69, 9.17) is 0 Å². The third-order valence-electron chi connectivity index (χ3n) is 4.04. The van der Waals surface area contributed by atoms with Gasteiger partial charge in [-0.3, -0.25) is 0 Å². The first-order valence-electron chi connectivity index (χ1n) is 5.75. The first kappa shape index (κ1) is 11.2. The van der Waals surface area contributed by atoms with Gasteiger partial charge in [-0.25, -0.2) is 0 Å². The number of rotatable bonds is 2. The molecule has 0 radical (unpaired) electrons. The average molecular weight is 215 g/mol. The van der Waals surface area contributed by atoms with E-state index in [0.29, 0.717) is 19.3 Å². The molecule has 2 nitrogen and oxygen atoms in total. The summed E-state index contributed by atoms with van der Waals surface area (Å²) in [5.41, 5.74) is 0.849. The maximum Gasteiger partial charge on any atom is 0.0937 e. The fourth-order valence-corrected chi connectivity index (χ4v) is 2.53. The fraction of sp³-hybridized carbons (Fsp3) is 0.500. The molecule has 1 aliphatic carbocycles. The topological polar surface area (TPSA) is 44.0 Å². The quantitative estimate of drug-likeness (QED) is 0.823. The second-order valence-corrected chi connectivity index (χ2v) is 4.94. The van der Waals surface area contributed by atoms with Gasteiger partial charge in [-0.1, -0.05) is 31.2 Å². The Morgan fingerprint density at radius 2 is 1.88 bits per heavy atom. The van der Waals surface area contributed by atoms with Gasteiger partial charge >= 0.3 is 0 Å². The lowest BCUT2D eigenvalue weighted by Crippen LogP contribution is -2.45. The maximum atomic E-state index is 10.4. The van der Waals surface area contributed by atoms with Crippen molar-refractivity contribution in [2.45, 2.75) is 38.7 Å². The van der Waals surface area contributed by atoms with Gasteiger partial charge in [0.2, 0.25) is 0 Å². The molecule has 0 aromatic heterocycles. The van der Waals surface area contributed by atoms with Crippen molar-refractivity contribution >= 4 is 0 Å². The molecule has 0 fully saturated rings. The largest absolute Gasteiger partial charge is 0.389 e. The van der Waals surface area contributed by atoms with Crippen LogP contribution in [0, 0.1) is 16.7 Å².